The van der Waals surface area contributed by atoms with E-state index >= 15 is 0 Å². The van der Waals surface area contributed by atoms with E-state index in [0.717, 1.165) is 5.56 Å². The second-order valence-electron chi connectivity index (χ2n) is 4.44. The Morgan fingerprint density at radius 3 is 2.33 bits per heavy atom. The molecule has 0 aromatic heterocycles. The molecule has 0 aliphatic heterocycles. The third kappa shape index (κ3) is 2.76. The van der Waals surface area contributed by atoms with E-state index in [1.807, 2.05) is 0 Å². The van der Waals surface area contributed by atoms with Crippen molar-refractivity contribution in [1.82, 2.24) is 0 Å². The van der Waals surface area contributed by atoms with Crippen LogP contribution in [0.2, 0.25) is 10.0 Å². The number of carboxylic acid groups (broad SMARTS) is 1. The Hall–Kier alpha value is -1.26. The number of hydrogen-bond donors (Lipinski definition) is 2. The van der Waals surface area contributed by atoms with Gasteiger partial charge in [-0.05, 0) is 32.4 Å². The van der Waals surface area contributed by atoms with Gasteiger partial charge in [0.2, 0.25) is 5.91 Å². The van der Waals surface area contributed by atoms with Gasteiger partial charge < -0.3 is 10.4 Å². The van der Waals surface area contributed by atoms with E-state index in [9.17, 15) is 9.59 Å². The number of benzene rings is 1. The lowest BCUT2D eigenvalue weighted by atomic mass is 9.92. The van der Waals surface area contributed by atoms with Gasteiger partial charge in [0, 0.05) is 0 Å². The first-order valence-electron chi connectivity index (χ1n) is 5.17. The average Bonchev–Trinajstić information content (AvgIpc) is 2.29. The number of rotatable bonds is 3. The zero-order valence-corrected chi connectivity index (χ0v) is 11.7. The van der Waals surface area contributed by atoms with E-state index in [4.69, 9.17) is 28.3 Å². The molecule has 0 radical (unpaired) electrons. The molecular formula is C12H13Cl2NO3. The summed E-state index contributed by atoms with van der Waals surface area (Å²) in [6, 6.07) is 3.30. The van der Waals surface area contributed by atoms with Crippen LogP contribution in [0.1, 0.15) is 19.4 Å². The minimum absolute atomic E-state index is 0.234. The Labute approximate surface area is 115 Å². The van der Waals surface area contributed by atoms with E-state index < -0.39 is 17.3 Å². The molecule has 0 unspecified atom stereocenters. The van der Waals surface area contributed by atoms with Crippen molar-refractivity contribution >= 4 is 40.8 Å². The lowest BCUT2D eigenvalue weighted by molar-refractivity contribution is -0.151. The number of carbonyl (C=O) groups is 2. The third-order valence-electron chi connectivity index (χ3n) is 2.63. The molecule has 4 nitrogen and oxygen atoms in total. The topological polar surface area (TPSA) is 66.4 Å². The normalized spacial score (nSPS) is 11.2. The van der Waals surface area contributed by atoms with E-state index in [0.29, 0.717) is 5.02 Å². The molecule has 98 valence electrons. The minimum atomic E-state index is -1.56. The Kier molecular flexibility index (Phi) is 4.24. The lowest BCUT2D eigenvalue weighted by Crippen LogP contribution is -2.38. The molecule has 1 aromatic rings. The first kappa shape index (κ1) is 14.8. The van der Waals surface area contributed by atoms with Gasteiger partial charge in [-0.15, -0.1) is 0 Å². The summed E-state index contributed by atoms with van der Waals surface area (Å²) in [6.45, 7) is 4.38. The molecule has 6 heteroatoms. The van der Waals surface area contributed by atoms with Crippen LogP contribution in [0.5, 0.6) is 0 Å². The van der Waals surface area contributed by atoms with Crippen LogP contribution in [-0.4, -0.2) is 17.0 Å². The molecule has 2 N–H and O–H groups in total. The van der Waals surface area contributed by atoms with Crippen molar-refractivity contribution in [3.63, 3.8) is 0 Å². The summed E-state index contributed by atoms with van der Waals surface area (Å²) in [6.07, 6.45) is 0. The zero-order valence-electron chi connectivity index (χ0n) is 10.2. The molecule has 1 rings (SSSR count). The van der Waals surface area contributed by atoms with Crippen molar-refractivity contribution in [2.45, 2.75) is 20.8 Å². The number of aryl methyl sites for hydroxylation is 1. The molecule has 1 aromatic carbocycles. The van der Waals surface area contributed by atoms with Crippen LogP contribution in [0, 0.1) is 12.3 Å². The summed E-state index contributed by atoms with van der Waals surface area (Å²) in [7, 11) is 0. The standard InChI is InChI=1S/C12H13Cl2NO3/c1-6-4-5-7(13)9(8(6)14)15-10(16)12(2,3)11(17)18/h4-5H,1-3H3,(H,15,16)(H,17,18). The lowest BCUT2D eigenvalue weighted by Gasteiger charge is -2.20. The molecule has 0 atom stereocenters. The summed E-state index contributed by atoms with van der Waals surface area (Å²) in [4.78, 5) is 22.8. The number of halogens is 2. The molecule has 0 bridgehead atoms. The van der Waals surface area contributed by atoms with E-state index in [1.165, 1.54) is 13.8 Å². The molecule has 0 aliphatic rings. The van der Waals surface area contributed by atoms with Crippen LogP contribution in [0.25, 0.3) is 0 Å². The molecule has 1 amide bonds. The van der Waals surface area contributed by atoms with Gasteiger partial charge in [0.1, 0.15) is 5.41 Å². The Morgan fingerprint density at radius 1 is 1.28 bits per heavy atom. The van der Waals surface area contributed by atoms with Gasteiger partial charge in [0.15, 0.2) is 0 Å². The van der Waals surface area contributed by atoms with Crippen LogP contribution in [0.4, 0.5) is 5.69 Å². The molecule has 0 saturated carbocycles. The minimum Gasteiger partial charge on any atom is -0.480 e. The van der Waals surface area contributed by atoms with Gasteiger partial charge in [0.05, 0.1) is 15.7 Å². The number of aliphatic carboxylic acids is 1. The highest BCUT2D eigenvalue weighted by Gasteiger charge is 2.36. The first-order chi connectivity index (χ1) is 8.17. The highest BCUT2D eigenvalue weighted by atomic mass is 35.5. The fraction of sp³-hybridized carbons (Fsp3) is 0.333. The van der Waals surface area contributed by atoms with Crippen molar-refractivity contribution in [2.24, 2.45) is 5.41 Å². The molecule has 0 heterocycles. The van der Waals surface area contributed by atoms with Gasteiger partial charge in [-0.2, -0.15) is 0 Å². The maximum absolute atomic E-state index is 11.9. The Balaban J connectivity index is 3.10. The zero-order chi connectivity index (χ0) is 14.1. The number of hydrogen-bond acceptors (Lipinski definition) is 2. The summed E-state index contributed by atoms with van der Waals surface area (Å²) >= 11 is 12.0. The van der Waals surface area contributed by atoms with Crippen LogP contribution in [0.15, 0.2) is 12.1 Å². The van der Waals surface area contributed by atoms with E-state index in [1.54, 1.807) is 19.1 Å². The number of amides is 1. The number of anilines is 1. The molecule has 18 heavy (non-hydrogen) atoms. The largest absolute Gasteiger partial charge is 0.480 e. The summed E-state index contributed by atoms with van der Waals surface area (Å²) in [5.74, 6) is -1.90. The van der Waals surface area contributed by atoms with Crippen molar-refractivity contribution in [2.75, 3.05) is 5.32 Å². The highest BCUT2D eigenvalue weighted by Crippen LogP contribution is 2.34. The summed E-state index contributed by atoms with van der Waals surface area (Å²) in [5, 5.41) is 12.0. The molecular weight excluding hydrogens is 277 g/mol. The fourth-order valence-corrected chi connectivity index (χ4v) is 1.60. The number of carboxylic acids is 1. The van der Waals surface area contributed by atoms with Crippen LogP contribution < -0.4 is 5.32 Å². The second kappa shape index (κ2) is 5.16. The summed E-state index contributed by atoms with van der Waals surface area (Å²) < 4.78 is 0. The highest BCUT2D eigenvalue weighted by molar-refractivity contribution is 6.40. The maximum atomic E-state index is 11.9. The van der Waals surface area contributed by atoms with Gasteiger partial charge in [-0.3, -0.25) is 9.59 Å². The molecule has 0 aliphatic carbocycles. The van der Waals surface area contributed by atoms with Gasteiger partial charge in [-0.25, -0.2) is 0 Å². The monoisotopic (exact) mass is 289 g/mol. The first-order valence-corrected chi connectivity index (χ1v) is 5.93. The summed E-state index contributed by atoms with van der Waals surface area (Å²) in [5.41, 5.74) is -0.585. The number of carbonyl (C=O) groups excluding carboxylic acids is 1. The van der Waals surface area contributed by atoms with Crippen molar-refractivity contribution in [1.29, 1.82) is 0 Å². The SMILES string of the molecule is Cc1ccc(Cl)c(NC(=O)C(C)(C)C(=O)O)c1Cl. The third-order valence-corrected chi connectivity index (χ3v) is 3.43. The maximum Gasteiger partial charge on any atom is 0.318 e. The van der Waals surface area contributed by atoms with Crippen LogP contribution in [0.3, 0.4) is 0 Å². The fourth-order valence-electron chi connectivity index (χ4n) is 1.14. The molecule has 0 fully saturated rings. The smallest absolute Gasteiger partial charge is 0.318 e. The Morgan fingerprint density at radius 2 is 1.83 bits per heavy atom. The molecule has 0 spiro atoms. The van der Waals surface area contributed by atoms with Crippen LogP contribution in [-0.2, 0) is 9.59 Å². The van der Waals surface area contributed by atoms with Crippen molar-refractivity contribution < 1.29 is 14.7 Å². The second-order valence-corrected chi connectivity index (χ2v) is 5.22. The van der Waals surface area contributed by atoms with Gasteiger partial charge in [0.25, 0.3) is 0 Å². The quantitative estimate of drug-likeness (QED) is 0.839. The van der Waals surface area contributed by atoms with E-state index in [2.05, 4.69) is 5.32 Å². The van der Waals surface area contributed by atoms with E-state index in [-0.39, 0.29) is 10.7 Å². The van der Waals surface area contributed by atoms with Gasteiger partial charge in [-0.1, -0.05) is 29.3 Å². The predicted molar refractivity (Wildman–Crippen MR) is 71.2 cm³/mol. The number of nitrogens with one attached hydrogen (secondary N) is 1. The van der Waals surface area contributed by atoms with Crippen LogP contribution >= 0.6 is 23.2 Å². The Bertz CT molecular complexity index is 512. The predicted octanol–water partition coefficient (Wildman–Crippen LogP) is 3.35. The average molecular weight is 290 g/mol. The van der Waals surface area contributed by atoms with Crippen molar-refractivity contribution in [3.8, 4) is 0 Å². The molecule has 0 saturated heterocycles. The van der Waals surface area contributed by atoms with Gasteiger partial charge >= 0.3 is 5.97 Å². The van der Waals surface area contributed by atoms with Crippen molar-refractivity contribution in [3.05, 3.63) is 27.7 Å².